The Morgan fingerprint density at radius 2 is 2.00 bits per heavy atom. The summed E-state index contributed by atoms with van der Waals surface area (Å²) in [4.78, 5) is 21.5. The Morgan fingerprint density at radius 1 is 1.19 bits per heavy atom. The first-order chi connectivity index (χ1) is 13.2. The number of carbonyl (C=O) groups is 1. The van der Waals surface area contributed by atoms with E-state index in [4.69, 9.17) is 0 Å². The van der Waals surface area contributed by atoms with Crippen molar-refractivity contribution in [2.75, 3.05) is 0 Å². The van der Waals surface area contributed by atoms with E-state index in [1.807, 2.05) is 5.38 Å². The summed E-state index contributed by atoms with van der Waals surface area (Å²) in [5.41, 5.74) is 1.49. The Kier molecular flexibility index (Phi) is 3.54. The third-order valence-electron chi connectivity index (χ3n) is 4.76. The van der Waals surface area contributed by atoms with E-state index in [9.17, 15) is 9.18 Å². The van der Waals surface area contributed by atoms with E-state index in [0.717, 1.165) is 17.8 Å². The van der Waals surface area contributed by atoms with Gasteiger partial charge < -0.3 is 5.32 Å². The molecular weight excluding hydrogens is 365 g/mol. The third-order valence-corrected chi connectivity index (χ3v) is 5.73. The van der Waals surface area contributed by atoms with Gasteiger partial charge in [0.05, 0.1) is 34.7 Å². The van der Waals surface area contributed by atoms with Crippen LogP contribution in [-0.2, 0) is 5.54 Å². The summed E-state index contributed by atoms with van der Waals surface area (Å²) in [5, 5.41) is 11.0. The number of nitrogens with one attached hydrogen (secondary N) is 1. The van der Waals surface area contributed by atoms with Crippen molar-refractivity contribution in [2.45, 2.75) is 18.4 Å². The molecule has 134 valence electrons. The number of benzene rings is 1. The van der Waals surface area contributed by atoms with Crippen molar-refractivity contribution in [1.82, 2.24) is 25.1 Å². The van der Waals surface area contributed by atoms with Gasteiger partial charge in [0.1, 0.15) is 10.8 Å². The van der Waals surface area contributed by atoms with Crippen molar-refractivity contribution in [3.05, 3.63) is 70.8 Å². The highest BCUT2D eigenvalue weighted by molar-refractivity contribution is 7.09. The summed E-state index contributed by atoms with van der Waals surface area (Å²) in [6.07, 6.45) is 8.34. The summed E-state index contributed by atoms with van der Waals surface area (Å²) >= 11 is 1.55. The van der Waals surface area contributed by atoms with Crippen molar-refractivity contribution in [2.24, 2.45) is 0 Å². The highest BCUT2D eigenvalue weighted by atomic mass is 32.1. The van der Waals surface area contributed by atoms with E-state index in [-0.39, 0.29) is 17.3 Å². The molecule has 0 saturated heterocycles. The van der Waals surface area contributed by atoms with Crippen LogP contribution < -0.4 is 5.32 Å². The van der Waals surface area contributed by atoms with Crippen molar-refractivity contribution >= 4 is 28.1 Å². The number of amides is 1. The Hall–Kier alpha value is -3.13. The molecular formula is C19H14FN5OS. The zero-order chi connectivity index (χ0) is 18.4. The molecule has 3 heterocycles. The highest BCUT2D eigenvalue weighted by Gasteiger charge is 2.48. The van der Waals surface area contributed by atoms with Crippen molar-refractivity contribution in [3.63, 3.8) is 0 Å². The first-order valence-corrected chi connectivity index (χ1v) is 9.34. The second-order valence-corrected chi connectivity index (χ2v) is 7.42. The lowest BCUT2D eigenvalue weighted by Gasteiger charge is -2.15. The number of thiazole rings is 1. The van der Waals surface area contributed by atoms with Crippen LogP contribution in [0.1, 0.15) is 28.2 Å². The molecule has 0 aliphatic heterocycles. The molecule has 5 rings (SSSR count). The standard InChI is InChI=1S/C19H14FN5OS/c20-12-1-3-13(4-2-12)25-16-11-21-9-15(14(16)10-23-25)17(26)24-19(5-6-19)18-22-7-8-27-18/h1-4,7-11H,5-6H2,(H,24,26). The van der Waals surface area contributed by atoms with Gasteiger partial charge in [-0.2, -0.15) is 5.10 Å². The van der Waals surface area contributed by atoms with Crippen LogP contribution in [0, 0.1) is 5.82 Å². The predicted octanol–water partition coefficient (Wildman–Crippen LogP) is 3.44. The van der Waals surface area contributed by atoms with Crippen LogP contribution in [0.3, 0.4) is 0 Å². The molecule has 1 fully saturated rings. The second-order valence-electron chi connectivity index (χ2n) is 6.53. The van der Waals surface area contributed by atoms with E-state index in [1.165, 1.54) is 12.1 Å². The monoisotopic (exact) mass is 379 g/mol. The molecule has 0 spiro atoms. The van der Waals surface area contributed by atoms with E-state index >= 15 is 0 Å². The van der Waals surface area contributed by atoms with Gasteiger partial charge in [-0.05, 0) is 37.1 Å². The van der Waals surface area contributed by atoms with Gasteiger partial charge in [-0.15, -0.1) is 11.3 Å². The van der Waals surface area contributed by atoms with Crippen molar-refractivity contribution in [1.29, 1.82) is 0 Å². The summed E-state index contributed by atoms with van der Waals surface area (Å²) < 4.78 is 14.8. The lowest BCUT2D eigenvalue weighted by molar-refractivity contribution is 0.0932. The number of fused-ring (bicyclic) bond motifs is 1. The molecule has 1 aromatic carbocycles. The fourth-order valence-electron chi connectivity index (χ4n) is 3.17. The molecule has 4 aromatic rings. The van der Waals surface area contributed by atoms with Gasteiger partial charge in [0.15, 0.2) is 0 Å². The summed E-state index contributed by atoms with van der Waals surface area (Å²) in [5.74, 6) is -0.509. The Morgan fingerprint density at radius 3 is 2.70 bits per heavy atom. The molecule has 27 heavy (non-hydrogen) atoms. The molecule has 1 saturated carbocycles. The molecule has 1 amide bonds. The van der Waals surface area contributed by atoms with Crippen molar-refractivity contribution < 1.29 is 9.18 Å². The molecule has 3 aromatic heterocycles. The summed E-state index contributed by atoms with van der Waals surface area (Å²) in [7, 11) is 0. The predicted molar refractivity (Wildman–Crippen MR) is 99.3 cm³/mol. The Balaban J connectivity index is 1.51. The number of hydrogen-bond acceptors (Lipinski definition) is 5. The molecule has 6 nitrogen and oxygen atoms in total. The first-order valence-electron chi connectivity index (χ1n) is 8.46. The molecule has 1 aliphatic rings. The minimum atomic E-state index is -0.361. The molecule has 0 atom stereocenters. The van der Waals surface area contributed by atoms with Gasteiger partial charge in [-0.1, -0.05) is 0 Å². The Bertz CT molecular complexity index is 1130. The van der Waals surface area contributed by atoms with E-state index in [2.05, 4.69) is 20.4 Å². The summed E-state index contributed by atoms with van der Waals surface area (Å²) in [6.45, 7) is 0. The SMILES string of the molecule is O=C(NC1(c2nccs2)CC1)c1cncc2c1cnn2-c1ccc(F)cc1. The van der Waals surface area contributed by atoms with Crippen LogP contribution in [0.4, 0.5) is 4.39 Å². The Labute approximate surface area is 157 Å². The lowest BCUT2D eigenvalue weighted by atomic mass is 10.1. The number of aromatic nitrogens is 4. The van der Waals surface area contributed by atoms with Crippen molar-refractivity contribution in [3.8, 4) is 5.69 Å². The van der Waals surface area contributed by atoms with Gasteiger partial charge >= 0.3 is 0 Å². The van der Waals surface area contributed by atoms with Crippen LogP contribution in [0.15, 0.2) is 54.4 Å². The second kappa shape index (κ2) is 5.95. The van der Waals surface area contributed by atoms with E-state index in [0.29, 0.717) is 22.2 Å². The normalized spacial score (nSPS) is 15.0. The maximum atomic E-state index is 13.2. The number of nitrogens with zero attached hydrogens (tertiary/aromatic N) is 4. The number of halogens is 1. The molecule has 0 bridgehead atoms. The molecule has 0 unspecified atom stereocenters. The van der Waals surface area contributed by atoms with Gasteiger partial charge in [0, 0.05) is 23.2 Å². The molecule has 0 radical (unpaired) electrons. The van der Waals surface area contributed by atoms with E-state index < -0.39 is 0 Å². The summed E-state index contributed by atoms with van der Waals surface area (Å²) in [6, 6.07) is 6.02. The number of carbonyl (C=O) groups excluding carboxylic acids is 1. The van der Waals surface area contributed by atoms with E-state index in [1.54, 1.807) is 52.9 Å². The zero-order valence-corrected chi connectivity index (χ0v) is 14.9. The van der Waals surface area contributed by atoms with Crippen LogP contribution in [0.5, 0.6) is 0 Å². The van der Waals surface area contributed by atoms with Gasteiger partial charge in [-0.25, -0.2) is 14.1 Å². The third kappa shape index (κ3) is 2.69. The first kappa shape index (κ1) is 16.1. The fraction of sp³-hybridized carbons (Fsp3) is 0.158. The average molecular weight is 379 g/mol. The quantitative estimate of drug-likeness (QED) is 0.590. The smallest absolute Gasteiger partial charge is 0.254 e. The fourth-order valence-corrected chi connectivity index (χ4v) is 4.03. The topological polar surface area (TPSA) is 72.7 Å². The number of rotatable bonds is 4. The van der Waals surface area contributed by atoms with Gasteiger partial charge in [0.2, 0.25) is 0 Å². The van der Waals surface area contributed by atoms with Gasteiger partial charge in [-0.3, -0.25) is 9.78 Å². The lowest BCUT2D eigenvalue weighted by Crippen LogP contribution is -2.34. The number of hydrogen-bond donors (Lipinski definition) is 1. The number of pyridine rings is 1. The maximum absolute atomic E-state index is 13.2. The minimum Gasteiger partial charge on any atom is -0.340 e. The minimum absolute atomic E-state index is 0.195. The van der Waals surface area contributed by atoms with Crippen LogP contribution in [0.2, 0.25) is 0 Å². The van der Waals surface area contributed by atoms with Crippen LogP contribution in [0.25, 0.3) is 16.6 Å². The molecule has 1 N–H and O–H groups in total. The molecule has 1 aliphatic carbocycles. The van der Waals surface area contributed by atoms with Gasteiger partial charge in [0.25, 0.3) is 5.91 Å². The van der Waals surface area contributed by atoms with Crippen LogP contribution >= 0.6 is 11.3 Å². The average Bonchev–Trinajstić information content (AvgIpc) is 3.11. The molecule has 8 heteroatoms. The van der Waals surface area contributed by atoms with Crippen LogP contribution in [-0.4, -0.2) is 25.7 Å². The maximum Gasteiger partial charge on any atom is 0.254 e. The highest BCUT2D eigenvalue weighted by Crippen LogP contribution is 2.46. The largest absolute Gasteiger partial charge is 0.340 e. The zero-order valence-electron chi connectivity index (χ0n) is 14.1.